The molecule has 0 unspecified atom stereocenters. The van der Waals surface area contributed by atoms with Gasteiger partial charge in [0.2, 0.25) is 0 Å². The lowest BCUT2D eigenvalue weighted by atomic mass is 10.1. The maximum Gasteiger partial charge on any atom is 0.344 e. The average molecular weight is 250 g/mol. The molecule has 0 aliphatic rings. The molecule has 1 aromatic carbocycles. The Morgan fingerprint density at radius 3 is 2.50 bits per heavy atom. The van der Waals surface area contributed by atoms with E-state index in [0.29, 0.717) is 0 Å². The van der Waals surface area contributed by atoms with Crippen molar-refractivity contribution in [1.82, 2.24) is 0 Å². The smallest absolute Gasteiger partial charge is 0.344 e. The zero-order valence-electron chi connectivity index (χ0n) is 11.9. The van der Waals surface area contributed by atoms with Crippen LogP contribution in [-0.4, -0.2) is 18.2 Å². The van der Waals surface area contributed by atoms with Crippen LogP contribution in [0.4, 0.5) is 0 Å². The predicted octanol–water partition coefficient (Wildman–Crippen LogP) is 3.28. The molecule has 0 saturated carbocycles. The number of carbonyl (C=O) groups excluding carboxylic acids is 1. The van der Waals surface area contributed by atoms with Crippen LogP contribution in [0.3, 0.4) is 0 Å². The van der Waals surface area contributed by atoms with Crippen molar-refractivity contribution in [2.24, 2.45) is 0 Å². The van der Waals surface area contributed by atoms with Gasteiger partial charge in [-0.25, -0.2) is 4.79 Å². The largest absolute Gasteiger partial charge is 0.482 e. The van der Waals surface area contributed by atoms with Crippen LogP contribution in [0, 0.1) is 6.92 Å². The monoisotopic (exact) mass is 250 g/mol. The zero-order valence-corrected chi connectivity index (χ0v) is 11.9. The fraction of sp³-hybridized carbons (Fsp3) is 0.533. The lowest BCUT2D eigenvalue weighted by molar-refractivity contribution is -0.157. The highest BCUT2D eigenvalue weighted by Crippen LogP contribution is 2.22. The number of esters is 1. The first kappa shape index (κ1) is 14.6. The van der Waals surface area contributed by atoms with Crippen LogP contribution in [0.2, 0.25) is 0 Å². The number of ether oxygens (including phenoxy) is 2. The zero-order chi connectivity index (χ0) is 13.8. The van der Waals surface area contributed by atoms with E-state index in [4.69, 9.17) is 9.47 Å². The predicted molar refractivity (Wildman–Crippen MR) is 71.9 cm³/mol. The molecule has 0 aromatic heterocycles. The fourth-order valence-electron chi connectivity index (χ4n) is 1.77. The summed E-state index contributed by atoms with van der Waals surface area (Å²) in [6.45, 7) is 9.59. The van der Waals surface area contributed by atoms with E-state index < -0.39 is 5.60 Å². The van der Waals surface area contributed by atoms with Crippen LogP contribution >= 0.6 is 0 Å². The molecule has 0 N–H and O–H groups in total. The third-order valence-corrected chi connectivity index (χ3v) is 2.49. The summed E-state index contributed by atoms with van der Waals surface area (Å²) in [4.78, 5) is 11.6. The molecule has 0 aliphatic carbocycles. The standard InChI is InChI=1S/C15H22O3/c1-6-12-11(2)8-7-9-13(12)17-10-14(16)18-15(3,4)5/h7-9H,6,10H2,1-5H3. The van der Waals surface area contributed by atoms with Crippen molar-refractivity contribution < 1.29 is 14.3 Å². The van der Waals surface area contributed by atoms with E-state index in [1.807, 2.05) is 45.9 Å². The van der Waals surface area contributed by atoms with E-state index in [1.54, 1.807) is 0 Å². The van der Waals surface area contributed by atoms with E-state index in [-0.39, 0.29) is 12.6 Å². The number of aryl methyl sites for hydroxylation is 1. The van der Waals surface area contributed by atoms with E-state index in [2.05, 4.69) is 6.92 Å². The molecule has 3 heteroatoms. The van der Waals surface area contributed by atoms with Gasteiger partial charge in [0.25, 0.3) is 0 Å². The van der Waals surface area contributed by atoms with Gasteiger partial charge in [-0.3, -0.25) is 0 Å². The minimum atomic E-state index is -0.472. The molecule has 0 saturated heterocycles. The van der Waals surface area contributed by atoms with E-state index in [0.717, 1.165) is 17.7 Å². The quantitative estimate of drug-likeness (QED) is 0.769. The van der Waals surface area contributed by atoms with Gasteiger partial charge in [0, 0.05) is 0 Å². The summed E-state index contributed by atoms with van der Waals surface area (Å²) in [5, 5.41) is 0. The first-order valence-electron chi connectivity index (χ1n) is 6.26. The van der Waals surface area contributed by atoms with Crippen LogP contribution in [-0.2, 0) is 16.0 Å². The SMILES string of the molecule is CCc1c(C)cccc1OCC(=O)OC(C)(C)C. The molecule has 100 valence electrons. The van der Waals surface area contributed by atoms with Gasteiger partial charge in [0.05, 0.1) is 0 Å². The minimum Gasteiger partial charge on any atom is -0.482 e. The first-order valence-corrected chi connectivity index (χ1v) is 6.26. The van der Waals surface area contributed by atoms with Gasteiger partial charge in [0.1, 0.15) is 11.4 Å². The Hall–Kier alpha value is -1.51. The molecule has 0 amide bonds. The molecule has 0 spiro atoms. The lowest BCUT2D eigenvalue weighted by Crippen LogP contribution is -2.27. The Morgan fingerprint density at radius 1 is 1.28 bits per heavy atom. The summed E-state index contributed by atoms with van der Waals surface area (Å²) < 4.78 is 10.7. The number of benzene rings is 1. The highest BCUT2D eigenvalue weighted by atomic mass is 16.6. The Bertz CT molecular complexity index is 416. The Balaban J connectivity index is 2.64. The van der Waals surface area contributed by atoms with Crippen molar-refractivity contribution in [3.63, 3.8) is 0 Å². The van der Waals surface area contributed by atoms with Crippen LogP contribution in [0.5, 0.6) is 5.75 Å². The van der Waals surface area contributed by atoms with Crippen LogP contribution in [0.1, 0.15) is 38.8 Å². The molecule has 0 atom stereocenters. The van der Waals surface area contributed by atoms with Crippen molar-refractivity contribution in [3.05, 3.63) is 29.3 Å². The number of rotatable bonds is 4. The molecule has 0 radical (unpaired) electrons. The van der Waals surface area contributed by atoms with Crippen LogP contribution in [0.25, 0.3) is 0 Å². The summed E-state index contributed by atoms with van der Waals surface area (Å²) in [6.07, 6.45) is 0.885. The first-order chi connectivity index (χ1) is 8.33. The van der Waals surface area contributed by atoms with Crippen molar-refractivity contribution in [2.75, 3.05) is 6.61 Å². The summed E-state index contributed by atoms with van der Waals surface area (Å²) in [5.41, 5.74) is 1.85. The molecule has 1 aromatic rings. The third-order valence-electron chi connectivity index (χ3n) is 2.49. The van der Waals surface area contributed by atoms with Crippen LogP contribution in [0.15, 0.2) is 18.2 Å². The average Bonchev–Trinajstić information content (AvgIpc) is 2.24. The summed E-state index contributed by atoms with van der Waals surface area (Å²) in [6, 6.07) is 5.86. The highest BCUT2D eigenvalue weighted by molar-refractivity contribution is 5.71. The number of carbonyl (C=O) groups is 1. The van der Waals surface area contributed by atoms with Gasteiger partial charge < -0.3 is 9.47 Å². The molecule has 0 aliphatic heterocycles. The maximum atomic E-state index is 11.6. The summed E-state index contributed by atoms with van der Waals surface area (Å²) in [7, 11) is 0. The molecule has 0 heterocycles. The summed E-state index contributed by atoms with van der Waals surface area (Å²) in [5.74, 6) is 0.425. The van der Waals surface area contributed by atoms with Gasteiger partial charge in [-0.2, -0.15) is 0 Å². The van der Waals surface area contributed by atoms with Crippen molar-refractivity contribution in [2.45, 2.75) is 46.6 Å². The van der Waals surface area contributed by atoms with Crippen LogP contribution < -0.4 is 4.74 Å². The van der Waals surface area contributed by atoms with E-state index in [1.165, 1.54) is 5.56 Å². The highest BCUT2D eigenvalue weighted by Gasteiger charge is 2.17. The second-order valence-electron chi connectivity index (χ2n) is 5.28. The Labute approximate surface area is 109 Å². The minimum absolute atomic E-state index is 0.0479. The maximum absolute atomic E-state index is 11.6. The molecule has 3 nitrogen and oxygen atoms in total. The van der Waals surface area contributed by atoms with Crippen molar-refractivity contribution in [3.8, 4) is 5.75 Å². The second-order valence-corrected chi connectivity index (χ2v) is 5.28. The van der Waals surface area contributed by atoms with Crippen molar-refractivity contribution in [1.29, 1.82) is 0 Å². The topological polar surface area (TPSA) is 35.5 Å². The summed E-state index contributed by atoms with van der Waals surface area (Å²) >= 11 is 0. The molecule has 0 fully saturated rings. The van der Waals surface area contributed by atoms with E-state index >= 15 is 0 Å². The van der Waals surface area contributed by atoms with E-state index in [9.17, 15) is 4.79 Å². The molecule has 0 bridgehead atoms. The Morgan fingerprint density at radius 2 is 1.94 bits per heavy atom. The molecular formula is C15H22O3. The lowest BCUT2D eigenvalue weighted by Gasteiger charge is -2.20. The van der Waals surface area contributed by atoms with Gasteiger partial charge in [-0.1, -0.05) is 19.1 Å². The van der Waals surface area contributed by atoms with Gasteiger partial charge in [0.15, 0.2) is 6.61 Å². The van der Waals surface area contributed by atoms with Gasteiger partial charge >= 0.3 is 5.97 Å². The fourth-order valence-corrected chi connectivity index (χ4v) is 1.77. The normalized spacial score (nSPS) is 11.2. The number of hydrogen-bond donors (Lipinski definition) is 0. The molecule has 1 rings (SSSR count). The third kappa shape index (κ3) is 4.40. The second kappa shape index (κ2) is 5.89. The van der Waals surface area contributed by atoms with Gasteiger partial charge in [-0.05, 0) is 51.3 Å². The number of hydrogen-bond acceptors (Lipinski definition) is 3. The van der Waals surface area contributed by atoms with Gasteiger partial charge in [-0.15, -0.1) is 0 Å². The molecule has 18 heavy (non-hydrogen) atoms. The Kier molecular flexibility index (Phi) is 4.76. The van der Waals surface area contributed by atoms with Crippen molar-refractivity contribution >= 4 is 5.97 Å². The molecular weight excluding hydrogens is 228 g/mol.